The van der Waals surface area contributed by atoms with Crippen molar-refractivity contribution in [3.05, 3.63) is 29.1 Å². The van der Waals surface area contributed by atoms with Crippen LogP contribution in [0.15, 0.2) is 12.1 Å². The molecule has 1 aromatic carbocycles. The number of hydrogen-bond donors (Lipinski definition) is 5. The second-order valence-corrected chi connectivity index (χ2v) is 8.04. The normalized spacial score (nSPS) is 29.6. The minimum Gasteiger partial charge on any atom is -0.492 e. The summed E-state index contributed by atoms with van der Waals surface area (Å²) in [7, 11) is 3.63. The summed E-state index contributed by atoms with van der Waals surface area (Å²) in [5.74, 6) is 0.415. The molecular formula is C21H32FN5O2. The van der Waals surface area contributed by atoms with Crippen molar-refractivity contribution in [2.45, 2.75) is 50.8 Å². The Labute approximate surface area is 171 Å². The molecule has 5 N–H and O–H groups in total. The van der Waals surface area contributed by atoms with Crippen molar-refractivity contribution >= 4 is 11.3 Å². The number of halogens is 1. The van der Waals surface area contributed by atoms with Gasteiger partial charge in [0.1, 0.15) is 12.0 Å². The molecule has 7 nitrogen and oxygen atoms in total. The van der Waals surface area contributed by atoms with Gasteiger partial charge in [-0.15, -0.1) is 0 Å². The summed E-state index contributed by atoms with van der Waals surface area (Å²) in [4.78, 5) is 0. The lowest BCUT2D eigenvalue weighted by Crippen LogP contribution is -2.63. The molecule has 4 rings (SSSR count). The van der Waals surface area contributed by atoms with Crippen molar-refractivity contribution in [2.75, 3.05) is 39.2 Å². The van der Waals surface area contributed by atoms with E-state index in [0.29, 0.717) is 42.6 Å². The number of hydrogen-bond acceptors (Lipinski definition) is 7. The number of rotatable bonds is 5. The van der Waals surface area contributed by atoms with Crippen molar-refractivity contribution in [1.82, 2.24) is 21.3 Å². The number of methoxy groups -OCH3 is 1. The molecule has 0 saturated carbocycles. The molecule has 3 unspecified atom stereocenters. The molecule has 0 radical (unpaired) electrons. The third-order valence-corrected chi connectivity index (χ3v) is 5.93. The Morgan fingerprint density at radius 2 is 2.17 bits per heavy atom. The highest BCUT2D eigenvalue weighted by atomic mass is 19.1. The Bertz CT molecular complexity index is 772. The van der Waals surface area contributed by atoms with Crippen LogP contribution in [0, 0.1) is 5.82 Å². The van der Waals surface area contributed by atoms with Gasteiger partial charge in [0.2, 0.25) is 0 Å². The highest BCUT2D eigenvalue weighted by Crippen LogP contribution is 2.41. The van der Waals surface area contributed by atoms with Crippen LogP contribution in [-0.4, -0.2) is 58.5 Å². The fraction of sp³-hybridized carbons (Fsp3) is 0.619. The van der Waals surface area contributed by atoms with Gasteiger partial charge in [0.15, 0.2) is 5.82 Å². The van der Waals surface area contributed by atoms with E-state index in [1.807, 2.05) is 13.1 Å². The van der Waals surface area contributed by atoms with Crippen molar-refractivity contribution in [2.24, 2.45) is 0 Å². The van der Waals surface area contributed by atoms with Crippen molar-refractivity contribution in [3.8, 4) is 5.75 Å². The van der Waals surface area contributed by atoms with Gasteiger partial charge in [-0.2, -0.15) is 0 Å². The molecule has 1 fully saturated rings. The van der Waals surface area contributed by atoms with E-state index in [1.165, 1.54) is 0 Å². The van der Waals surface area contributed by atoms with Gasteiger partial charge in [-0.05, 0) is 32.0 Å². The zero-order valence-electron chi connectivity index (χ0n) is 17.4. The zero-order chi connectivity index (χ0) is 20.4. The minimum atomic E-state index is -0.267. The number of nitrogens with one attached hydrogen (secondary N) is 5. The molecule has 8 heteroatoms. The first kappa shape index (κ1) is 20.6. The molecule has 0 amide bonds. The molecule has 0 spiro atoms. The Balaban J connectivity index is 1.66. The van der Waals surface area contributed by atoms with Gasteiger partial charge in [-0.3, -0.25) is 10.6 Å². The minimum absolute atomic E-state index is 0.00994. The predicted molar refractivity (Wildman–Crippen MR) is 112 cm³/mol. The number of benzene rings is 1. The molecule has 29 heavy (non-hydrogen) atoms. The van der Waals surface area contributed by atoms with E-state index in [4.69, 9.17) is 9.47 Å². The monoisotopic (exact) mass is 405 g/mol. The standard InChI is InChI=1S/C21H32FN5O2/c1-12-8-17(23-2)27-21(25-12)26-16-10-14-5-7-29-20(14)18(19(16)22)13-4-6-24-11-15(9-13)28-3/h4,10,12,15,17,21,23-27H,5-9,11H2,1-3H3/t12?,15-,17?,21?/m1/s1. The van der Waals surface area contributed by atoms with Crippen molar-refractivity contribution in [1.29, 1.82) is 0 Å². The number of anilines is 1. The highest BCUT2D eigenvalue weighted by Gasteiger charge is 2.30. The van der Waals surface area contributed by atoms with Crippen LogP contribution in [0.4, 0.5) is 10.1 Å². The van der Waals surface area contributed by atoms with E-state index in [-0.39, 0.29) is 24.4 Å². The van der Waals surface area contributed by atoms with Crippen LogP contribution < -0.4 is 31.3 Å². The molecule has 0 aliphatic carbocycles. The van der Waals surface area contributed by atoms with Crippen molar-refractivity contribution in [3.63, 3.8) is 0 Å². The lowest BCUT2D eigenvalue weighted by molar-refractivity contribution is 0.108. The summed E-state index contributed by atoms with van der Waals surface area (Å²) in [5.41, 5.74) is 3.05. The van der Waals surface area contributed by atoms with E-state index >= 15 is 4.39 Å². The first-order valence-corrected chi connectivity index (χ1v) is 10.5. The summed E-state index contributed by atoms with van der Waals surface area (Å²) in [6.45, 7) is 4.15. The lowest BCUT2D eigenvalue weighted by atomic mass is 9.95. The third kappa shape index (κ3) is 4.41. The molecule has 1 aromatic rings. The maximum atomic E-state index is 15.8. The van der Waals surface area contributed by atoms with Crippen LogP contribution in [0.1, 0.15) is 30.9 Å². The molecule has 4 atom stereocenters. The van der Waals surface area contributed by atoms with E-state index in [1.54, 1.807) is 7.11 Å². The fourth-order valence-electron chi connectivity index (χ4n) is 4.38. The molecular weight excluding hydrogens is 373 g/mol. The van der Waals surface area contributed by atoms with E-state index < -0.39 is 0 Å². The van der Waals surface area contributed by atoms with Gasteiger partial charge in [0.25, 0.3) is 0 Å². The average Bonchev–Trinajstić information content (AvgIpc) is 3.03. The SMILES string of the molecule is CNC1CC(C)NC(Nc2cc3c(c(C4=CCNC[C@H](OC)C4)c2F)OCC3)N1. The first-order chi connectivity index (χ1) is 14.1. The first-order valence-electron chi connectivity index (χ1n) is 10.5. The average molecular weight is 406 g/mol. The topological polar surface area (TPSA) is 78.6 Å². The molecule has 3 aliphatic rings. The molecule has 160 valence electrons. The second-order valence-electron chi connectivity index (χ2n) is 8.04. The maximum absolute atomic E-state index is 15.8. The van der Waals surface area contributed by atoms with Gasteiger partial charge < -0.3 is 25.4 Å². The van der Waals surface area contributed by atoms with Gasteiger partial charge in [-0.1, -0.05) is 6.08 Å². The summed E-state index contributed by atoms with van der Waals surface area (Å²) in [6, 6.07) is 2.20. The molecule has 1 saturated heterocycles. The van der Waals surface area contributed by atoms with Gasteiger partial charge in [0.05, 0.1) is 30.1 Å². The lowest BCUT2D eigenvalue weighted by Gasteiger charge is -2.37. The van der Waals surface area contributed by atoms with Gasteiger partial charge in [0, 0.05) is 44.6 Å². The van der Waals surface area contributed by atoms with Gasteiger partial charge in [-0.25, -0.2) is 4.39 Å². The van der Waals surface area contributed by atoms with Gasteiger partial charge >= 0.3 is 0 Å². The number of fused-ring (bicyclic) bond motifs is 1. The van der Waals surface area contributed by atoms with Crippen LogP contribution in [-0.2, 0) is 11.2 Å². The zero-order valence-corrected chi connectivity index (χ0v) is 17.4. The summed E-state index contributed by atoms with van der Waals surface area (Å²) < 4.78 is 27.2. The van der Waals surface area contributed by atoms with Crippen LogP contribution in [0.2, 0.25) is 0 Å². The Morgan fingerprint density at radius 3 is 2.97 bits per heavy atom. The van der Waals surface area contributed by atoms with Crippen LogP contribution in [0.25, 0.3) is 5.57 Å². The van der Waals surface area contributed by atoms with Crippen LogP contribution in [0.5, 0.6) is 5.75 Å². The molecule has 3 heterocycles. The summed E-state index contributed by atoms with van der Waals surface area (Å²) in [5, 5.41) is 16.8. The van der Waals surface area contributed by atoms with E-state index in [0.717, 1.165) is 30.5 Å². The summed E-state index contributed by atoms with van der Waals surface area (Å²) >= 11 is 0. The van der Waals surface area contributed by atoms with E-state index in [2.05, 4.69) is 39.6 Å². The summed E-state index contributed by atoms with van der Waals surface area (Å²) in [6.07, 6.45) is 4.40. The Hall–Kier alpha value is -1.71. The molecule has 3 aliphatic heterocycles. The second kappa shape index (κ2) is 8.97. The maximum Gasteiger partial charge on any atom is 0.157 e. The third-order valence-electron chi connectivity index (χ3n) is 5.93. The highest BCUT2D eigenvalue weighted by molar-refractivity contribution is 5.77. The van der Waals surface area contributed by atoms with Crippen molar-refractivity contribution < 1.29 is 13.9 Å². The largest absolute Gasteiger partial charge is 0.492 e. The van der Waals surface area contributed by atoms with E-state index in [9.17, 15) is 0 Å². The molecule has 0 aromatic heterocycles. The quantitative estimate of drug-likeness (QED) is 0.506. The van der Waals surface area contributed by atoms with Crippen LogP contribution in [0.3, 0.4) is 0 Å². The Morgan fingerprint density at radius 1 is 1.31 bits per heavy atom. The fourth-order valence-corrected chi connectivity index (χ4v) is 4.38. The molecule has 0 bridgehead atoms. The number of ether oxygens (including phenoxy) is 2. The van der Waals surface area contributed by atoms with Crippen LogP contribution >= 0.6 is 0 Å². The predicted octanol–water partition coefficient (Wildman–Crippen LogP) is 1.36. The Kier molecular flexibility index (Phi) is 6.36. The smallest absolute Gasteiger partial charge is 0.157 e.